The molecule has 104 valence electrons. The van der Waals surface area contributed by atoms with E-state index in [1.165, 1.54) is 6.42 Å². The quantitative estimate of drug-likeness (QED) is 0.831. The van der Waals surface area contributed by atoms with Crippen molar-refractivity contribution in [3.05, 3.63) is 42.4 Å². The van der Waals surface area contributed by atoms with Gasteiger partial charge in [-0.1, -0.05) is 20.3 Å². The van der Waals surface area contributed by atoms with E-state index < -0.39 is 0 Å². The van der Waals surface area contributed by atoms with Crippen molar-refractivity contribution < 1.29 is 4.42 Å². The van der Waals surface area contributed by atoms with Gasteiger partial charge in [-0.2, -0.15) is 0 Å². The van der Waals surface area contributed by atoms with Crippen LogP contribution < -0.4 is 5.32 Å². The second-order valence-electron chi connectivity index (χ2n) is 4.91. The summed E-state index contributed by atoms with van der Waals surface area (Å²) >= 11 is 0. The highest BCUT2D eigenvalue weighted by Crippen LogP contribution is 2.22. The number of nitrogens with zero attached hydrogens (tertiary/aromatic N) is 2. The lowest BCUT2D eigenvalue weighted by Crippen LogP contribution is -2.34. The Balaban J connectivity index is 2.23. The van der Waals surface area contributed by atoms with Gasteiger partial charge in [0.2, 0.25) is 0 Å². The Hall–Kier alpha value is -1.55. The third kappa shape index (κ3) is 3.26. The van der Waals surface area contributed by atoms with Crippen molar-refractivity contribution in [3.63, 3.8) is 0 Å². The third-order valence-corrected chi connectivity index (χ3v) is 3.48. The third-order valence-electron chi connectivity index (χ3n) is 3.48. The van der Waals surface area contributed by atoms with E-state index in [0.29, 0.717) is 6.04 Å². The van der Waals surface area contributed by atoms with E-state index in [-0.39, 0.29) is 6.04 Å². The van der Waals surface area contributed by atoms with Crippen LogP contribution in [0.25, 0.3) is 0 Å². The van der Waals surface area contributed by atoms with Gasteiger partial charge in [0.1, 0.15) is 17.6 Å². The zero-order chi connectivity index (χ0) is 13.7. The average molecular weight is 261 g/mol. The summed E-state index contributed by atoms with van der Waals surface area (Å²) in [5.74, 6) is 1.91. The maximum Gasteiger partial charge on any atom is 0.133 e. The average Bonchev–Trinajstić information content (AvgIpc) is 3.06. The van der Waals surface area contributed by atoms with Gasteiger partial charge in [0.25, 0.3) is 0 Å². The highest BCUT2D eigenvalue weighted by Gasteiger charge is 2.23. The summed E-state index contributed by atoms with van der Waals surface area (Å²) in [5, 5.41) is 3.67. The fraction of sp³-hybridized carbons (Fsp3) is 0.533. The van der Waals surface area contributed by atoms with Gasteiger partial charge in [0, 0.05) is 25.5 Å². The topological polar surface area (TPSA) is 43.0 Å². The molecule has 0 aromatic carbocycles. The molecule has 0 spiro atoms. The predicted molar refractivity (Wildman–Crippen MR) is 75.9 cm³/mol. The summed E-state index contributed by atoms with van der Waals surface area (Å²) in [5.41, 5.74) is 0. The molecule has 2 aromatic rings. The first-order chi connectivity index (χ1) is 9.26. The first-order valence-electron chi connectivity index (χ1n) is 7.02. The number of imidazole rings is 1. The van der Waals surface area contributed by atoms with Gasteiger partial charge in [-0.05, 0) is 25.0 Å². The number of aryl methyl sites for hydroxylation is 1. The highest BCUT2D eigenvalue weighted by atomic mass is 16.3. The van der Waals surface area contributed by atoms with Crippen molar-refractivity contribution in [2.75, 3.05) is 0 Å². The van der Waals surface area contributed by atoms with Crippen LogP contribution >= 0.6 is 0 Å². The monoisotopic (exact) mass is 261 g/mol. The normalized spacial score (nSPS) is 14.5. The molecule has 2 heterocycles. The molecule has 0 saturated heterocycles. The minimum Gasteiger partial charge on any atom is -0.467 e. The van der Waals surface area contributed by atoms with E-state index in [1.807, 2.05) is 36.1 Å². The maximum absolute atomic E-state index is 5.58. The number of hydrogen-bond donors (Lipinski definition) is 1. The van der Waals surface area contributed by atoms with Gasteiger partial charge < -0.3 is 8.98 Å². The zero-order valence-electron chi connectivity index (χ0n) is 12.0. The lowest BCUT2D eigenvalue weighted by molar-refractivity contribution is 0.369. The molecule has 0 aliphatic carbocycles. The van der Waals surface area contributed by atoms with Gasteiger partial charge in [0.05, 0.1) is 6.26 Å². The first kappa shape index (κ1) is 13.9. The second kappa shape index (κ2) is 6.57. The van der Waals surface area contributed by atoms with E-state index >= 15 is 0 Å². The van der Waals surface area contributed by atoms with Crippen LogP contribution in [0.2, 0.25) is 0 Å². The van der Waals surface area contributed by atoms with Gasteiger partial charge in [-0.15, -0.1) is 0 Å². The molecule has 0 aliphatic heterocycles. The molecule has 0 saturated carbocycles. The first-order valence-corrected chi connectivity index (χ1v) is 7.02. The number of aromatic nitrogens is 2. The Kier molecular flexibility index (Phi) is 4.80. The van der Waals surface area contributed by atoms with E-state index in [1.54, 1.807) is 6.26 Å². The Morgan fingerprint density at radius 2 is 2.26 bits per heavy atom. The van der Waals surface area contributed by atoms with Crippen molar-refractivity contribution in [1.29, 1.82) is 0 Å². The summed E-state index contributed by atoms with van der Waals surface area (Å²) < 4.78 is 7.62. The number of nitrogens with one attached hydrogen (secondary N) is 1. The van der Waals surface area contributed by atoms with Crippen molar-refractivity contribution in [2.24, 2.45) is 7.05 Å². The molecule has 0 radical (unpaired) electrons. The molecular weight excluding hydrogens is 238 g/mol. The standard InChI is InChI=1S/C15H23N3O/c1-4-7-12(5-2)17-14(13-8-6-11-19-13)15-16-9-10-18(15)3/h6,8-12,14,17H,4-5,7H2,1-3H3. The molecule has 0 amide bonds. The molecule has 2 unspecified atom stereocenters. The SMILES string of the molecule is CCCC(CC)NC(c1ccco1)c1nccn1C. The van der Waals surface area contributed by atoms with Gasteiger partial charge in [-0.25, -0.2) is 4.98 Å². The minimum atomic E-state index is 0.0199. The Labute approximate surface area is 114 Å². The lowest BCUT2D eigenvalue weighted by Gasteiger charge is -2.23. The maximum atomic E-state index is 5.58. The van der Waals surface area contributed by atoms with Crippen LogP contribution in [-0.4, -0.2) is 15.6 Å². The van der Waals surface area contributed by atoms with Gasteiger partial charge in [0.15, 0.2) is 0 Å². The molecular formula is C15H23N3O. The van der Waals surface area contributed by atoms with Crippen molar-refractivity contribution >= 4 is 0 Å². The minimum absolute atomic E-state index is 0.0199. The fourth-order valence-corrected chi connectivity index (χ4v) is 2.38. The summed E-state index contributed by atoms with van der Waals surface area (Å²) in [4.78, 5) is 4.46. The molecule has 19 heavy (non-hydrogen) atoms. The van der Waals surface area contributed by atoms with Crippen LogP contribution in [0.1, 0.15) is 50.7 Å². The number of hydrogen-bond acceptors (Lipinski definition) is 3. The van der Waals surface area contributed by atoms with Crippen LogP contribution in [0.5, 0.6) is 0 Å². The van der Waals surface area contributed by atoms with E-state index in [9.17, 15) is 0 Å². The molecule has 4 heteroatoms. The molecule has 1 N–H and O–H groups in total. The van der Waals surface area contributed by atoms with Crippen LogP contribution in [0, 0.1) is 0 Å². The lowest BCUT2D eigenvalue weighted by atomic mass is 10.1. The Morgan fingerprint density at radius 3 is 2.79 bits per heavy atom. The fourth-order valence-electron chi connectivity index (χ4n) is 2.38. The summed E-state index contributed by atoms with van der Waals surface area (Å²) in [6.07, 6.45) is 8.96. The van der Waals surface area contributed by atoms with Crippen LogP contribution in [0.3, 0.4) is 0 Å². The largest absolute Gasteiger partial charge is 0.467 e. The molecule has 4 nitrogen and oxygen atoms in total. The number of rotatable bonds is 7. The van der Waals surface area contributed by atoms with E-state index in [0.717, 1.165) is 24.4 Å². The zero-order valence-corrected chi connectivity index (χ0v) is 12.0. The molecule has 2 atom stereocenters. The smallest absolute Gasteiger partial charge is 0.133 e. The van der Waals surface area contributed by atoms with Crippen LogP contribution in [-0.2, 0) is 7.05 Å². The van der Waals surface area contributed by atoms with Crippen molar-refractivity contribution in [2.45, 2.75) is 45.2 Å². The molecule has 2 aromatic heterocycles. The highest BCUT2D eigenvalue weighted by molar-refractivity contribution is 5.16. The molecule has 0 bridgehead atoms. The van der Waals surface area contributed by atoms with Crippen LogP contribution in [0.15, 0.2) is 35.2 Å². The number of furan rings is 1. The Morgan fingerprint density at radius 1 is 1.42 bits per heavy atom. The molecule has 0 fully saturated rings. The van der Waals surface area contributed by atoms with Crippen molar-refractivity contribution in [1.82, 2.24) is 14.9 Å². The van der Waals surface area contributed by atoms with Crippen molar-refractivity contribution in [3.8, 4) is 0 Å². The second-order valence-corrected chi connectivity index (χ2v) is 4.91. The van der Waals surface area contributed by atoms with Gasteiger partial charge in [-0.3, -0.25) is 5.32 Å². The molecule has 0 aliphatic rings. The Bertz CT molecular complexity index is 475. The summed E-state index contributed by atoms with van der Waals surface area (Å²) in [7, 11) is 2.01. The predicted octanol–water partition coefficient (Wildman–Crippen LogP) is 3.27. The van der Waals surface area contributed by atoms with E-state index in [2.05, 4.69) is 24.1 Å². The van der Waals surface area contributed by atoms with Gasteiger partial charge >= 0.3 is 0 Å². The molecule has 2 rings (SSSR count). The van der Waals surface area contributed by atoms with Crippen LogP contribution in [0.4, 0.5) is 0 Å². The van der Waals surface area contributed by atoms with E-state index in [4.69, 9.17) is 4.42 Å². The summed E-state index contributed by atoms with van der Waals surface area (Å²) in [6.45, 7) is 4.43. The summed E-state index contributed by atoms with van der Waals surface area (Å²) in [6, 6.07) is 4.43.